The average molecular weight is 328 g/mol. The highest BCUT2D eigenvalue weighted by molar-refractivity contribution is 5.85. The van der Waals surface area contributed by atoms with Crippen LogP contribution in [-0.4, -0.2) is 67.2 Å². The Balaban J connectivity index is 0.00000180. The summed E-state index contributed by atoms with van der Waals surface area (Å²) in [5.74, 6) is 0.0366. The third kappa shape index (κ3) is 4.46. The molecule has 2 N–H and O–H groups in total. The molecule has 1 amide bonds. The highest BCUT2D eigenvalue weighted by Gasteiger charge is 2.36. The first-order valence-electron chi connectivity index (χ1n) is 6.92. The number of carbonyl (C=O) groups is 1. The lowest BCUT2D eigenvalue weighted by Crippen LogP contribution is -2.62. The molecule has 0 bridgehead atoms. The van der Waals surface area contributed by atoms with Gasteiger partial charge < -0.3 is 15.4 Å². The fourth-order valence-corrected chi connectivity index (χ4v) is 3.12. The Labute approximate surface area is 134 Å². The Morgan fingerprint density at radius 1 is 1.35 bits per heavy atom. The lowest BCUT2D eigenvalue weighted by atomic mass is 9.96. The Bertz CT molecular complexity index is 307. The molecule has 7 heteroatoms. The molecule has 2 aliphatic heterocycles. The summed E-state index contributed by atoms with van der Waals surface area (Å²) in [6, 6.07) is 0.274. The first-order valence-corrected chi connectivity index (χ1v) is 6.92. The van der Waals surface area contributed by atoms with E-state index in [2.05, 4.69) is 11.8 Å². The Morgan fingerprint density at radius 2 is 2.05 bits per heavy atom. The molecule has 0 aromatic heterocycles. The minimum absolute atomic E-state index is 0. The predicted octanol–water partition coefficient (Wildman–Crippen LogP) is 0.889. The first kappa shape index (κ1) is 19.9. The van der Waals surface area contributed by atoms with Gasteiger partial charge in [-0.2, -0.15) is 0 Å². The van der Waals surface area contributed by atoms with Crippen LogP contribution in [-0.2, 0) is 9.53 Å². The van der Waals surface area contributed by atoms with Gasteiger partial charge in [0.05, 0.1) is 6.61 Å². The number of carbonyl (C=O) groups excluding carboxylic acids is 1. The number of hydrogen-bond acceptors (Lipinski definition) is 4. The van der Waals surface area contributed by atoms with Crippen molar-refractivity contribution in [2.45, 2.75) is 44.3 Å². The van der Waals surface area contributed by atoms with Crippen molar-refractivity contribution in [2.24, 2.45) is 5.73 Å². The number of methoxy groups -OCH3 is 1. The van der Waals surface area contributed by atoms with E-state index in [1.165, 1.54) is 25.8 Å². The van der Waals surface area contributed by atoms with Gasteiger partial charge in [0.25, 0.3) is 0 Å². The van der Waals surface area contributed by atoms with Crippen LogP contribution >= 0.6 is 24.8 Å². The molecule has 5 nitrogen and oxygen atoms in total. The Morgan fingerprint density at radius 3 is 2.70 bits per heavy atom. The zero-order valence-electron chi connectivity index (χ0n) is 12.3. The fraction of sp³-hybridized carbons (Fsp3) is 0.923. The minimum atomic E-state index is -0.521. The van der Waals surface area contributed by atoms with Gasteiger partial charge in [0, 0.05) is 32.3 Å². The second kappa shape index (κ2) is 9.05. The van der Waals surface area contributed by atoms with Crippen molar-refractivity contribution in [2.75, 3.05) is 33.4 Å². The summed E-state index contributed by atoms with van der Waals surface area (Å²) in [5, 5.41) is 0. The van der Waals surface area contributed by atoms with Crippen molar-refractivity contribution in [1.82, 2.24) is 9.80 Å². The molecule has 2 fully saturated rings. The molecule has 20 heavy (non-hydrogen) atoms. The van der Waals surface area contributed by atoms with Crippen LogP contribution in [0.5, 0.6) is 0 Å². The normalized spacial score (nSPS) is 27.9. The summed E-state index contributed by atoms with van der Waals surface area (Å²) >= 11 is 0. The molecular formula is C13H27Cl2N3O2. The standard InChI is InChI=1S/C13H25N3O2.2ClH/c1-10-7-15-6-4-3-5-11(15)8-16(10)13(17)12(14)9-18-2;;/h10-12H,3-9,14H2,1-2H3;2*1H. The summed E-state index contributed by atoms with van der Waals surface area (Å²) in [7, 11) is 1.58. The van der Waals surface area contributed by atoms with Crippen molar-refractivity contribution in [1.29, 1.82) is 0 Å². The van der Waals surface area contributed by atoms with E-state index in [0.29, 0.717) is 12.6 Å². The molecule has 0 saturated carbocycles. The third-order valence-electron chi connectivity index (χ3n) is 4.13. The van der Waals surface area contributed by atoms with Crippen LogP contribution in [0, 0.1) is 0 Å². The largest absolute Gasteiger partial charge is 0.383 e. The zero-order chi connectivity index (χ0) is 13.1. The molecule has 120 valence electrons. The smallest absolute Gasteiger partial charge is 0.242 e. The van der Waals surface area contributed by atoms with Crippen LogP contribution in [0.25, 0.3) is 0 Å². The number of piperazine rings is 1. The topological polar surface area (TPSA) is 58.8 Å². The van der Waals surface area contributed by atoms with Crippen molar-refractivity contribution in [3.05, 3.63) is 0 Å². The number of fused-ring (bicyclic) bond motifs is 1. The van der Waals surface area contributed by atoms with E-state index in [9.17, 15) is 4.79 Å². The quantitative estimate of drug-likeness (QED) is 0.836. The van der Waals surface area contributed by atoms with Crippen LogP contribution in [0.1, 0.15) is 26.2 Å². The number of amides is 1. The van der Waals surface area contributed by atoms with E-state index >= 15 is 0 Å². The molecule has 0 aliphatic carbocycles. The van der Waals surface area contributed by atoms with Crippen molar-refractivity contribution in [3.63, 3.8) is 0 Å². The summed E-state index contributed by atoms with van der Waals surface area (Å²) < 4.78 is 4.97. The van der Waals surface area contributed by atoms with Gasteiger partial charge in [-0.25, -0.2) is 0 Å². The van der Waals surface area contributed by atoms with Gasteiger partial charge in [0.1, 0.15) is 6.04 Å². The maximum Gasteiger partial charge on any atom is 0.242 e. The lowest BCUT2D eigenvalue weighted by Gasteiger charge is -2.48. The maximum absolute atomic E-state index is 12.3. The second-order valence-electron chi connectivity index (χ2n) is 5.55. The molecule has 2 aliphatic rings. The predicted molar refractivity (Wildman–Crippen MR) is 84.7 cm³/mol. The van der Waals surface area contributed by atoms with Gasteiger partial charge in [-0.05, 0) is 26.3 Å². The van der Waals surface area contributed by atoms with Gasteiger partial charge in [0.15, 0.2) is 0 Å². The fourth-order valence-electron chi connectivity index (χ4n) is 3.12. The van der Waals surface area contributed by atoms with Crippen molar-refractivity contribution < 1.29 is 9.53 Å². The number of ether oxygens (including phenoxy) is 1. The van der Waals surface area contributed by atoms with Crippen LogP contribution in [0.15, 0.2) is 0 Å². The second-order valence-corrected chi connectivity index (χ2v) is 5.55. The van der Waals surface area contributed by atoms with Crippen LogP contribution in [0.2, 0.25) is 0 Å². The van der Waals surface area contributed by atoms with Gasteiger partial charge in [-0.1, -0.05) is 6.42 Å². The van der Waals surface area contributed by atoms with E-state index in [1.807, 2.05) is 4.90 Å². The van der Waals surface area contributed by atoms with Crippen molar-refractivity contribution >= 4 is 30.7 Å². The Hall–Kier alpha value is -0.0700. The highest BCUT2D eigenvalue weighted by Crippen LogP contribution is 2.24. The van der Waals surface area contributed by atoms with Gasteiger partial charge >= 0.3 is 0 Å². The monoisotopic (exact) mass is 327 g/mol. The lowest BCUT2D eigenvalue weighted by molar-refractivity contribution is -0.140. The van der Waals surface area contributed by atoms with Crippen LogP contribution in [0.4, 0.5) is 0 Å². The number of nitrogens with two attached hydrogens (primary N) is 1. The minimum Gasteiger partial charge on any atom is -0.383 e. The average Bonchev–Trinajstić information content (AvgIpc) is 2.37. The maximum atomic E-state index is 12.3. The number of hydrogen-bond donors (Lipinski definition) is 1. The number of halogens is 2. The van der Waals surface area contributed by atoms with E-state index in [-0.39, 0.29) is 36.8 Å². The van der Waals surface area contributed by atoms with Gasteiger partial charge in [-0.3, -0.25) is 9.69 Å². The van der Waals surface area contributed by atoms with E-state index < -0.39 is 6.04 Å². The molecule has 2 saturated heterocycles. The third-order valence-corrected chi connectivity index (χ3v) is 4.13. The summed E-state index contributed by atoms with van der Waals surface area (Å²) in [6.07, 6.45) is 3.78. The summed E-state index contributed by atoms with van der Waals surface area (Å²) in [4.78, 5) is 16.8. The summed E-state index contributed by atoms with van der Waals surface area (Å²) in [6.45, 7) is 5.41. The number of rotatable bonds is 3. The van der Waals surface area contributed by atoms with E-state index in [4.69, 9.17) is 10.5 Å². The SMILES string of the molecule is COCC(N)C(=O)N1CC2CCCCN2CC1C.Cl.Cl. The van der Waals surface area contributed by atoms with Gasteiger partial charge in [0.2, 0.25) is 5.91 Å². The van der Waals surface area contributed by atoms with E-state index in [1.54, 1.807) is 7.11 Å². The van der Waals surface area contributed by atoms with Crippen molar-refractivity contribution in [3.8, 4) is 0 Å². The van der Waals surface area contributed by atoms with Crippen LogP contribution < -0.4 is 5.73 Å². The van der Waals surface area contributed by atoms with Gasteiger partial charge in [-0.15, -0.1) is 24.8 Å². The molecule has 0 spiro atoms. The first-order chi connectivity index (χ1) is 8.63. The molecule has 3 unspecified atom stereocenters. The van der Waals surface area contributed by atoms with Crippen LogP contribution in [0.3, 0.4) is 0 Å². The molecular weight excluding hydrogens is 301 g/mol. The molecule has 3 atom stereocenters. The molecule has 0 radical (unpaired) electrons. The molecule has 2 heterocycles. The number of nitrogens with zero attached hydrogens (tertiary/aromatic N) is 2. The molecule has 0 aromatic rings. The molecule has 0 aromatic carbocycles. The number of piperidine rings is 1. The molecule has 2 rings (SSSR count). The highest BCUT2D eigenvalue weighted by atomic mass is 35.5. The zero-order valence-corrected chi connectivity index (χ0v) is 13.9. The summed E-state index contributed by atoms with van der Waals surface area (Å²) in [5.41, 5.74) is 5.86. The Kier molecular flexibility index (Phi) is 9.02. The van der Waals surface area contributed by atoms with E-state index in [0.717, 1.165) is 13.1 Å².